The van der Waals surface area contributed by atoms with Crippen LogP contribution in [0.2, 0.25) is 0 Å². The third kappa shape index (κ3) is 4.42. The highest BCUT2D eigenvalue weighted by Gasteiger charge is 2.28. The fourth-order valence-corrected chi connectivity index (χ4v) is 2.65. The topological polar surface area (TPSA) is 43.8 Å². The van der Waals surface area contributed by atoms with Gasteiger partial charge < -0.3 is 5.73 Å². The zero-order chi connectivity index (χ0) is 14.6. The highest BCUT2D eigenvalue weighted by atomic mass is 32.2. The predicted molar refractivity (Wildman–Crippen MR) is 72.1 cm³/mol. The van der Waals surface area contributed by atoms with E-state index in [9.17, 15) is 13.2 Å². The first-order valence-electron chi connectivity index (χ1n) is 6.34. The molecule has 3 nitrogen and oxygen atoms in total. The van der Waals surface area contributed by atoms with Crippen molar-refractivity contribution >= 4 is 11.8 Å². The number of nitrogens with zero attached hydrogens (tertiary/aromatic N) is 2. The summed E-state index contributed by atoms with van der Waals surface area (Å²) in [7, 11) is 0. The van der Waals surface area contributed by atoms with Gasteiger partial charge in [-0.2, -0.15) is 18.3 Å². The van der Waals surface area contributed by atoms with E-state index in [2.05, 4.69) is 5.10 Å². The highest BCUT2D eigenvalue weighted by Crippen LogP contribution is 2.30. The molecule has 0 aliphatic carbocycles. The van der Waals surface area contributed by atoms with Gasteiger partial charge in [0.2, 0.25) is 0 Å². The van der Waals surface area contributed by atoms with Gasteiger partial charge in [0.1, 0.15) is 0 Å². The number of halogens is 3. The van der Waals surface area contributed by atoms with Gasteiger partial charge in [0.05, 0.1) is 12.2 Å². The molecule has 0 aliphatic rings. The first kappa shape index (κ1) is 16.4. The Morgan fingerprint density at radius 3 is 2.37 bits per heavy atom. The summed E-state index contributed by atoms with van der Waals surface area (Å²) in [6, 6.07) is -0.145. The van der Waals surface area contributed by atoms with E-state index < -0.39 is 5.51 Å². The summed E-state index contributed by atoms with van der Waals surface area (Å²) in [6.07, 6.45) is 1.46. The molecule has 1 unspecified atom stereocenters. The molecule has 0 amide bonds. The first-order valence-corrected chi connectivity index (χ1v) is 7.33. The Kier molecular flexibility index (Phi) is 5.73. The van der Waals surface area contributed by atoms with Crippen LogP contribution in [0.5, 0.6) is 0 Å². The molecule has 0 spiro atoms. The van der Waals surface area contributed by atoms with E-state index in [0.29, 0.717) is 0 Å². The summed E-state index contributed by atoms with van der Waals surface area (Å²) < 4.78 is 38.1. The van der Waals surface area contributed by atoms with Crippen LogP contribution in [0.3, 0.4) is 0 Å². The van der Waals surface area contributed by atoms with E-state index in [1.54, 1.807) is 4.68 Å². The number of nitrogens with two attached hydrogens (primary N) is 1. The molecule has 0 bridgehead atoms. The molecule has 19 heavy (non-hydrogen) atoms. The summed E-state index contributed by atoms with van der Waals surface area (Å²) in [5.74, 6) is -0.0280. The molecular formula is C12H20F3N3S. The number of alkyl halides is 3. The third-order valence-electron chi connectivity index (χ3n) is 2.87. The summed E-state index contributed by atoms with van der Waals surface area (Å²) in [4.78, 5) is 0. The normalized spacial score (nSPS) is 13.8. The molecule has 0 fully saturated rings. The Hall–Kier alpha value is -0.690. The molecular weight excluding hydrogens is 275 g/mol. The number of hydrogen-bond donors (Lipinski definition) is 1. The molecule has 2 N–H and O–H groups in total. The fourth-order valence-electron chi connectivity index (χ4n) is 2.16. The van der Waals surface area contributed by atoms with Crippen LogP contribution in [0, 0.1) is 0 Å². The number of aryl methyl sites for hydroxylation is 2. The molecule has 110 valence electrons. The lowest BCUT2D eigenvalue weighted by Gasteiger charge is -2.10. The smallest absolute Gasteiger partial charge is 0.324 e. The van der Waals surface area contributed by atoms with E-state index in [1.165, 1.54) is 0 Å². The van der Waals surface area contributed by atoms with Crippen molar-refractivity contribution in [2.24, 2.45) is 5.73 Å². The van der Waals surface area contributed by atoms with Crippen LogP contribution in [-0.2, 0) is 19.4 Å². The lowest BCUT2D eigenvalue weighted by molar-refractivity contribution is -0.0328. The summed E-state index contributed by atoms with van der Waals surface area (Å²) in [5.41, 5.74) is 4.59. The Morgan fingerprint density at radius 2 is 1.95 bits per heavy atom. The van der Waals surface area contributed by atoms with Crippen LogP contribution in [0.1, 0.15) is 43.8 Å². The second-order valence-corrected chi connectivity index (χ2v) is 5.48. The number of rotatable bonds is 6. The van der Waals surface area contributed by atoms with Gasteiger partial charge in [-0.05, 0) is 31.5 Å². The van der Waals surface area contributed by atoms with Crippen molar-refractivity contribution in [2.75, 3.05) is 5.75 Å². The van der Waals surface area contributed by atoms with E-state index >= 15 is 0 Å². The standard InChI is InChI=1S/C12H20F3N3S/c1-4-9-11(8(3)16)10(5-2)18(17-9)6-7-19-12(13,14)15/h8H,4-7,16H2,1-3H3. The highest BCUT2D eigenvalue weighted by molar-refractivity contribution is 8.00. The number of aromatic nitrogens is 2. The number of hydrogen-bond acceptors (Lipinski definition) is 3. The quantitative estimate of drug-likeness (QED) is 0.876. The van der Waals surface area contributed by atoms with Gasteiger partial charge in [-0.1, -0.05) is 13.8 Å². The van der Waals surface area contributed by atoms with E-state index in [0.717, 1.165) is 29.8 Å². The zero-order valence-electron chi connectivity index (χ0n) is 11.4. The molecule has 0 radical (unpaired) electrons. The molecule has 1 rings (SSSR count). The van der Waals surface area contributed by atoms with Crippen LogP contribution in [-0.4, -0.2) is 21.0 Å². The first-order chi connectivity index (χ1) is 8.80. The average Bonchev–Trinajstić information content (AvgIpc) is 2.65. The lowest BCUT2D eigenvalue weighted by Crippen LogP contribution is -2.12. The van der Waals surface area contributed by atoms with Gasteiger partial charge in [0.15, 0.2) is 0 Å². The minimum absolute atomic E-state index is 0.0134. The van der Waals surface area contributed by atoms with Gasteiger partial charge >= 0.3 is 5.51 Å². The Balaban J connectivity index is 2.89. The van der Waals surface area contributed by atoms with Crippen molar-refractivity contribution in [1.82, 2.24) is 9.78 Å². The van der Waals surface area contributed by atoms with E-state index in [1.807, 2.05) is 20.8 Å². The minimum atomic E-state index is -4.18. The molecule has 0 saturated carbocycles. The predicted octanol–water partition coefficient (Wildman–Crippen LogP) is 3.28. The third-order valence-corrected chi connectivity index (χ3v) is 3.58. The van der Waals surface area contributed by atoms with Gasteiger partial charge in [-0.3, -0.25) is 4.68 Å². The SMILES string of the molecule is CCc1nn(CCSC(F)(F)F)c(CC)c1C(C)N. The van der Waals surface area contributed by atoms with Gasteiger partial charge in [-0.25, -0.2) is 0 Å². The van der Waals surface area contributed by atoms with Crippen LogP contribution >= 0.6 is 11.8 Å². The lowest BCUT2D eigenvalue weighted by atomic mass is 10.0. The van der Waals surface area contributed by atoms with Crippen molar-refractivity contribution in [3.63, 3.8) is 0 Å². The second-order valence-electron chi connectivity index (χ2n) is 4.32. The molecule has 0 aliphatic heterocycles. The van der Waals surface area contributed by atoms with Crippen LogP contribution in [0.4, 0.5) is 13.2 Å². The molecule has 0 aromatic carbocycles. The Labute approximate surface area is 115 Å². The van der Waals surface area contributed by atoms with E-state index in [4.69, 9.17) is 5.73 Å². The maximum atomic E-state index is 12.1. The molecule has 1 heterocycles. The monoisotopic (exact) mass is 295 g/mol. The van der Waals surface area contributed by atoms with E-state index in [-0.39, 0.29) is 30.1 Å². The largest absolute Gasteiger partial charge is 0.441 e. The minimum Gasteiger partial charge on any atom is -0.324 e. The molecule has 1 aromatic heterocycles. The average molecular weight is 295 g/mol. The Morgan fingerprint density at radius 1 is 1.32 bits per heavy atom. The number of thioether (sulfide) groups is 1. The zero-order valence-corrected chi connectivity index (χ0v) is 12.2. The van der Waals surface area contributed by atoms with Gasteiger partial charge in [0, 0.05) is 23.1 Å². The summed E-state index contributed by atoms with van der Waals surface area (Å²) >= 11 is -0.0134. The van der Waals surface area contributed by atoms with Crippen molar-refractivity contribution in [2.45, 2.75) is 51.7 Å². The summed E-state index contributed by atoms with van der Waals surface area (Å²) in [6.45, 7) is 6.08. The molecule has 0 saturated heterocycles. The van der Waals surface area contributed by atoms with Gasteiger partial charge in [0.25, 0.3) is 0 Å². The second kappa shape index (κ2) is 6.65. The van der Waals surface area contributed by atoms with Crippen LogP contribution in [0.25, 0.3) is 0 Å². The fraction of sp³-hybridized carbons (Fsp3) is 0.750. The maximum absolute atomic E-state index is 12.1. The van der Waals surface area contributed by atoms with Crippen molar-refractivity contribution in [1.29, 1.82) is 0 Å². The maximum Gasteiger partial charge on any atom is 0.441 e. The summed E-state index contributed by atoms with van der Waals surface area (Å²) in [5, 5.41) is 4.40. The van der Waals surface area contributed by atoms with Crippen LogP contribution < -0.4 is 5.73 Å². The molecule has 1 atom stereocenters. The van der Waals surface area contributed by atoms with Gasteiger partial charge in [-0.15, -0.1) is 0 Å². The molecule has 7 heteroatoms. The Bertz CT molecular complexity index is 413. The van der Waals surface area contributed by atoms with Crippen molar-refractivity contribution in [3.05, 3.63) is 17.0 Å². The molecule has 1 aromatic rings. The van der Waals surface area contributed by atoms with Crippen molar-refractivity contribution < 1.29 is 13.2 Å². The van der Waals surface area contributed by atoms with Crippen molar-refractivity contribution in [3.8, 4) is 0 Å². The van der Waals surface area contributed by atoms with Crippen LogP contribution in [0.15, 0.2) is 0 Å².